The first kappa shape index (κ1) is 13.7. The van der Waals surface area contributed by atoms with Crippen LogP contribution in [0.1, 0.15) is 30.3 Å². The molecule has 0 aromatic carbocycles. The molecule has 1 unspecified atom stereocenters. The minimum atomic E-state index is -0.301. The third kappa shape index (κ3) is 3.64. The molecule has 2 heterocycles. The molecular weight excluding hydrogens is 246 g/mol. The van der Waals surface area contributed by atoms with Crippen LogP contribution in [-0.2, 0) is 4.74 Å². The average molecular weight is 265 g/mol. The second-order valence-electron chi connectivity index (χ2n) is 4.73. The Morgan fingerprint density at radius 2 is 2.42 bits per heavy atom. The van der Waals surface area contributed by atoms with E-state index in [1.165, 1.54) is 12.1 Å². The third-order valence-corrected chi connectivity index (χ3v) is 3.26. The van der Waals surface area contributed by atoms with Crippen LogP contribution in [-0.4, -0.2) is 47.3 Å². The van der Waals surface area contributed by atoms with E-state index < -0.39 is 0 Å². The second-order valence-corrected chi connectivity index (χ2v) is 4.73. The molecule has 1 amide bonds. The predicted octanol–water partition coefficient (Wildman–Crippen LogP) is 0.659. The van der Waals surface area contributed by atoms with E-state index in [9.17, 15) is 9.59 Å². The quantitative estimate of drug-likeness (QED) is 0.867. The molecule has 2 rings (SSSR count). The summed E-state index contributed by atoms with van der Waals surface area (Å²) in [6.07, 6.45) is 2.07. The van der Waals surface area contributed by atoms with E-state index in [4.69, 9.17) is 4.74 Å². The number of nitrogens with one attached hydrogen (secondary N) is 1. The van der Waals surface area contributed by atoms with Gasteiger partial charge in [0.05, 0.1) is 6.61 Å². The van der Waals surface area contributed by atoms with Gasteiger partial charge in [0.15, 0.2) is 0 Å². The van der Waals surface area contributed by atoms with Crippen molar-refractivity contribution in [1.29, 1.82) is 0 Å². The number of carbonyl (C=O) groups is 1. The fourth-order valence-electron chi connectivity index (χ4n) is 2.30. The Morgan fingerprint density at radius 1 is 1.58 bits per heavy atom. The van der Waals surface area contributed by atoms with Crippen molar-refractivity contribution in [3.63, 3.8) is 0 Å². The first-order valence-corrected chi connectivity index (χ1v) is 6.63. The highest BCUT2D eigenvalue weighted by Crippen LogP contribution is 2.18. The maximum Gasteiger partial charge on any atom is 0.274 e. The molecule has 0 spiro atoms. The summed E-state index contributed by atoms with van der Waals surface area (Å²) in [6, 6.07) is 2.79. The van der Waals surface area contributed by atoms with E-state index >= 15 is 0 Å². The largest absolute Gasteiger partial charge is 0.381 e. The van der Waals surface area contributed by atoms with Gasteiger partial charge in [-0.25, -0.2) is 5.10 Å². The van der Waals surface area contributed by atoms with Gasteiger partial charge in [0.2, 0.25) is 0 Å². The third-order valence-electron chi connectivity index (χ3n) is 3.26. The van der Waals surface area contributed by atoms with Crippen molar-refractivity contribution >= 4 is 5.91 Å². The van der Waals surface area contributed by atoms with Gasteiger partial charge < -0.3 is 9.64 Å². The van der Waals surface area contributed by atoms with E-state index in [-0.39, 0.29) is 17.2 Å². The number of aromatic amines is 1. The lowest BCUT2D eigenvalue weighted by Crippen LogP contribution is -2.41. The fourth-order valence-corrected chi connectivity index (χ4v) is 2.30. The normalized spacial score (nSPS) is 19.4. The smallest absolute Gasteiger partial charge is 0.274 e. The highest BCUT2D eigenvalue weighted by molar-refractivity contribution is 5.92. The molecule has 104 valence electrons. The molecule has 19 heavy (non-hydrogen) atoms. The Balaban J connectivity index is 1.98. The van der Waals surface area contributed by atoms with Crippen molar-refractivity contribution in [2.45, 2.75) is 19.8 Å². The molecule has 0 bridgehead atoms. The van der Waals surface area contributed by atoms with Crippen LogP contribution in [0.4, 0.5) is 0 Å². The average Bonchev–Trinajstić information content (AvgIpc) is 2.45. The molecule has 1 aliphatic rings. The van der Waals surface area contributed by atoms with Crippen molar-refractivity contribution in [3.8, 4) is 0 Å². The zero-order chi connectivity index (χ0) is 13.7. The molecule has 1 aromatic rings. The summed E-state index contributed by atoms with van der Waals surface area (Å²) in [7, 11) is 0. The molecule has 1 saturated heterocycles. The Hall–Kier alpha value is -1.69. The van der Waals surface area contributed by atoms with E-state index in [2.05, 4.69) is 10.2 Å². The number of rotatable bonds is 4. The number of amides is 1. The summed E-state index contributed by atoms with van der Waals surface area (Å²) in [6.45, 7) is 4.79. The van der Waals surface area contributed by atoms with Gasteiger partial charge >= 0.3 is 0 Å². The number of ether oxygens (including phenoxy) is 1. The first-order chi connectivity index (χ1) is 9.20. The van der Waals surface area contributed by atoms with Crippen molar-refractivity contribution in [3.05, 3.63) is 28.2 Å². The monoisotopic (exact) mass is 265 g/mol. The standard InChI is InChI=1S/C13H19N3O3/c1-2-19-9-10-4-3-7-16(8-10)13(18)11-5-6-12(17)15-14-11/h5-6,10H,2-4,7-9H2,1H3,(H,15,17). The molecule has 6 nitrogen and oxygen atoms in total. The molecule has 1 N–H and O–H groups in total. The van der Waals surface area contributed by atoms with E-state index in [0.717, 1.165) is 19.4 Å². The highest BCUT2D eigenvalue weighted by atomic mass is 16.5. The fraction of sp³-hybridized carbons (Fsp3) is 0.615. The number of carbonyl (C=O) groups excluding carboxylic acids is 1. The maximum absolute atomic E-state index is 12.2. The molecule has 0 radical (unpaired) electrons. The molecule has 0 saturated carbocycles. The Kier molecular flexibility index (Phi) is 4.68. The number of piperidine rings is 1. The van der Waals surface area contributed by atoms with Gasteiger partial charge in [-0.1, -0.05) is 0 Å². The van der Waals surface area contributed by atoms with Crippen molar-refractivity contribution < 1.29 is 9.53 Å². The van der Waals surface area contributed by atoms with E-state index in [1.54, 1.807) is 4.90 Å². The summed E-state index contributed by atoms with van der Waals surface area (Å²) >= 11 is 0. The lowest BCUT2D eigenvalue weighted by Gasteiger charge is -2.32. The Morgan fingerprint density at radius 3 is 3.11 bits per heavy atom. The first-order valence-electron chi connectivity index (χ1n) is 6.63. The van der Waals surface area contributed by atoms with Crippen LogP contribution in [0.25, 0.3) is 0 Å². The summed E-state index contributed by atoms with van der Waals surface area (Å²) in [5.74, 6) is 0.262. The number of nitrogens with zero attached hydrogens (tertiary/aromatic N) is 2. The van der Waals surface area contributed by atoms with Gasteiger partial charge in [-0.15, -0.1) is 0 Å². The zero-order valence-corrected chi connectivity index (χ0v) is 11.1. The van der Waals surface area contributed by atoms with Crippen molar-refractivity contribution in [2.24, 2.45) is 5.92 Å². The zero-order valence-electron chi connectivity index (χ0n) is 11.1. The summed E-state index contributed by atoms with van der Waals surface area (Å²) in [4.78, 5) is 24.9. The molecule has 1 fully saturated rings. The highest BCUT2D eigenvalue weighted by Gasteiger charge is 2.25. The van der Waals surface area contributed by atoms with Crippen LogP contribution in [0.15, 0.2) is 16.9 Å². The molecule has 1 aromatic heterocycles. The summed E-state index contributed by atoms with van der Waals surface area (Å²) in [5.41, 5.74) is -0.0129. The molecular formula is C13H19N3O3. The van der Waals surface area contributed by atoms with Gasteiger partial charge in [-0.05, 0) is 31.7 Å². The van der Waals surface area contributed by atoms with Crippen molar-refractivity contribution in [2.75, 3.05) is 26.3 Å². The van der Waals surface area contributed by atoms with E-state index in [1.807, 2.05) is 6.92 Å². The number of H-pyrrole nitrogens is 1. The lowest BCUT2D eigenvalue weighted by atomic mass is 9.98. The molecule has 6 heteroatoms. The molecule has 0 aliphatic carbocycles. The SMILES string of the molecule is CCOCC1CCCN(C(=O)c2ccc(=O)[nH]n2)C1. The second kappa shape index (κ2) is 6.47. The van der Waals surface area contributed by atoms with Crippen LogP contribution in [0, 0.1) is 5.92 Å². The minimum Gasteiger partial charge on any atom is -0.381 e. The van der Waals surface area contributed by atoms with E-state index in [0.29, 0.717) is 25.7 Å². The number of aromatic nitrogens is 2. The summed E-state index contributed by atoms with van der Waals surface area (Å²) < 4.78 is 5.42. The molecule has 1 atom stereocenters. The Bertz CT molecular complexity index is 466. The van der Waals surface area contributed by atoms with Crippen molar-refractivity contribution in [1.82, 2.24) is 15.1 Å². The van der Waals surface area contributed by atoms with Gasteiger partial charge in [-0.2, -0.15) is 5.10 Å². The predicted molar refractivity (Wildman–Crippen MR) is 70.0 cm³/mol. The van der Waals surface area contributed by atoms with Crippen LogP contribution in [0.2, 0.25) is 0 Å². The number of likely N-dealkylation sites (tertiary alicyclic amines) is 1. The number of hydrogen-bond donors (Lipinski definition) is 1. The topological polar surface area (TPSA) is 75.3 Å². The summed E-state index contributed by atoms with van der Waals surface area (Å²) in [5, 5.41) is 6.07. The van der Waals surface area contributed by atoms with Crippen LogP contribution >= 0.6 is 0 Å². The van der Waals surface area contributed by atoms with Gasteiger partial charge in [0.1, 0.15) is 5.69 Å². The van der Waals surface area contributed by atoms with Crippen LogP contribution < -0.4 is 5.56 Å². The maximum atomic E-state index is 12.2. The lowest BCUT2D eigenvalue weighted by molar-refractivity contribution is 0.0496. The van der Waals surface area contributed by atoms with Crippen LogP contribution in [0.5, 0.6) is 0 Å². The number of hydrogen-bond acceptors (Lipinski definition) is 4. The molecule has 1 aliphatic heterocycles. The van der Waals surface area contributed by atoms with Crippen LogP contribution in [0.3, 0.4) is 0 Å². The Labute approximate surface area is 111 Å². The minimum absolute atomic E-state index is 0.127. The van der Waals surface area contributed by atoms with Gasteiger partial charge in [-0.3, -0.25) is 9.59 Å². The van der Waals surface area contributed by atoms with Gasteiger partial charge in [0, 0.05) is 25.8 Å². The van der Waals surface area contributed by atoms with Gasteiger partial charge in [0.25, 0.3) is 11.5 Å².